The molecule has 2 aromatic rings. The normalized spacial score (nSPS) is 12.9. The number of rotatable bonds is 4. The molecule has 0 saturated carbocycles. The van der Waals surface area contributed by atoms with Gasteiger partial charge in [0.15, 0.2) is 0 Å². The predicted octanol–water partition coefficient (Wildman–Crippen LogP) is 2.54. The van der Waals surface area contributed by atoms with Gasteiger partial charge in [0.25, 0.3) is 0 Å². The molecule has 0 amide bonds. The SMILES string of the molecule is OC(CCc1ccco1)c1ccoc1. The molecule has 1 unspecified atom stereocenters. The summed E-state index contributed by atoms with van der Waals surface area (Å²) < 4.78 is 10.1. The van der Waals surface area contributed by atoms with E-state index in [9.17, 15) is 5.11 Å². The first-order chi connectivity index (χ1) is 6.86. The van der Waals surface area contributed by atoms with E-state index in [-0.39, 0.29) is 0 Å². The monoisotopic (exact) mass is 192 g/mol. The third-order valence-electron chi connectivity index (χ3n) is 2.17. The molecule has 2 aromatic heterocycles. The minimum absolute atomic E-state index is 0.473. The van der Waals surface area contributed by atoms with Crippen LogP contribution in [-0.2, 0) is 6.42 Å². The van der Waals surface area contributed by atoms with Crippen LogP contribution in [0.5, 0.6) is 0 Å². The van der Waals surface area contributed by atoms with Crippen LogP contribution in [0.1, 0.15) is 23.8 Å². The molecule has 0 aromatic carbocycles. The maximum atomic E-state index is 9.71. The first-order valence-corrected chi connectivity index (χ1v) is 4.59. The summed E-state index contributed by atoms with van der Waals surface area (Å²) in [5.41, 5.74) is 0.816. The van der Waals surface area contributed by atoms with Gasteiger partial charge in [-0.1, -0.05) is 0 Å². The van der Waals surface area contributed by atoms with Gasteiger partial charge in [-0.2, -0.15) is 0 Å². The highest BCUT2D eigenvalue weighted by atomic mass is 16.3. The zero-order valence-electron chi connectivity index (χ0n) is 7.72. The summed E-state index contributed by atoms with van der Waals surface area (Å²) in [6.07, 6.45) is 5.67. The van der Waals surface area contributed by atoms with Gasteiger partial charge in [0, 0.05) is 12.0 Å². The van der Waals surface area contributed by atoms with Crippen molar-refractivity contribution in [2.24, 2.45) is 0 Å². The van der Waals surface area contributed by atoms with E-state index < -0.39 is 6.10 Å². The summed E-state index contributed by atoms with van der Waals surface area (Å²) >= 11 is 0. The molecule has 0 saturated heterocycles. The number of furan rings is 2. The Balaban J connectivity index is 1.87. The highest BCUT2D eigenvalue weighted by Gasteiger charge is 2.09. The van der Waals surface area contributed by atoms with E-state index in [0.29, 0.717) is 6.42 Å². The van der Waals surface area contributed by atoms with Crippen molar-refractivity contribution >= 4 is 0 Å². The average Bonchev–Trinajstić information content (AvgIpc) is 2.87. The Bertz CT molecular complexity index is 348. The van der Waals surface area contributed by atoms with Crippen molar-refractivity contribution in [3.63, 3.8) is 0 Å². The largest absolute Gasteiger partial charge is 0.472 e. The number of aliphatic hydroxyl groups is 1. The van der Waals surface area contributed by atoms with E-state index in [4.69, 9.17) is 8.83 Å². The predicted molar refractivity (Wildman–Crippen MR) is 50.7 cm³/mol. The van der Waals surface area contributed by atoms with Crippen LogP contribution < -0.4 is 0 Å². The van der Waals surface area contributed by atoms with E-state index in [1.54, 1.807) is 24.9 Å². The molecular weight excluding hydrogens is 180 g/mol. The second kappa shape index (κ2) is 4.15. The maximum Gasteiger partial charge on any atom is 0.103 e. The van der Waals surface area contributed by atoms with Crippen molar-refractivity contribution in [3.8, 4) is 0 Å². The van der Waals surface area contributed by atoms with Gasteiger partial charge < -0.3 is 13.9 Å². The number of hydrogen-bond donors (Lipinski definition) is 1. The highest BCUT2D eigenvalue weighted by molar-refractivity contribution is 5.09. The Kier molecular flexibility index (Phi) is 2.70. The summed E-state index contributed by atoms with van der Waals surface area (Å²) in [6, 6.07) is 5.52. The standard InChI is InChI=1S/C11H12O3/c12-11(9-5-7-13-8-9)4-3-10-2-1-6-14-10/h1-2,5-8,11-12H,3-4H2. The van der Waals surface area contributed by atoms with Crippen LogP contribution in [0.25, 0.3) is 0 Å². The van der Waals surface area contributed by atoms with E-state index in [0.717, 1.165) is 17.7 Å². The summed E-state index contributed by atoms with van der Waals surface area (Å²) in [5.74, 6) is 0.896. The Hall–Kier alpha value is -1.48. The van der Waals surface area contributed by atoms with Gasteiger partial charge >= 0.3 is 0 Å². The Morgan fingerprint density at radius 1 is 1.29 bits per heavy atom. The van der Waals surface area contributed by atoms with Crippen molar-refractivity contribution in [1.82, 2.24) is 0 Å². The molecule has 3 heteroatoms. The topological polar surface area (TPSA) is 46.5 Å². The van der Waals surface area contributed by atoms with Crippen LogP contribution in [0.2, 0.25) is 0 Å². The smallest absolute Gasteiger partial charge is 0.103 e. The van der Waals surface area contributed by atoms with E-state index in [1.807, 2.05) is 12.1 Å². The van der Waals surface area contributed by atoms with Gasteiger partial charge in [-0.15, -0.1) is 0 Å². The molecule has 2 heterocycles. The number of aliphatic hydroxyl groups excluding tert-OH is 1. The van der Waals surface area contributed by atoms with Gasteiger partial charge in [-0.25, -0.2) is 0 Å². The third kappa shape index (κ3) is 2.06. The van der Waals surface area contributed by atoms with Crippen molar-refractivity contribution < 1.29 is 13.9 Å². The molecule has 1 N–H and O–H groups in total. The fourth-order valence-corrected chi connectivity index (χ4v) is 1.37. The molecule has 0 aliphatic heterocycles. The molecule has 74 valence electrons. The molecule has 0 aliphatic rings. The Morgan fingerprint density at radius 2 is 2.21 bits per heavy atom. The van der Waals surface area contributed by atoms with E-state index >= 15 is 0 Å². The summed E-state index contributed by atoms with van der Waals surface area (Å²) in [7, 11) is 0. The van der Waals surface area contributed by atoms with Crippen LogP contribution in [0.15, 0.2) is 45.8 Å². The van der Waals surface area contributed by atoms with Crippen LogP contribution in [-0.4, -0.2) is 5.11 Å². The Morgan fingerprint density at radius 3 is 2.86 bits per heavy atom. The molecular formula is C11H12O3. The van der Waals surface area contributed by atoms with Crippen LogP contribution in [0.3, 0.4) is 0 Å². The number of hydrogen-bond acceptors (Lipinski definition) is 3. The quantitative estimate of drug-likeness (QED) is 0.809. The fourth-order valence-electron chi connectivity index (χ4n) is 1.37. The van der Waals surface area contributed by atoms with Crippen molar-refractivity contribution in [2.75, 3.05) is 0 Å². The van der Waals surface area contributed by atoms with Crippen molar-refractivity contribution in [1.29, 1.82) is 0 Å². The van der Waals surface area contributed by atoms with Crippen LogP contribution >= 0.6 is 0 Å². The fraction of sp³-hybridized carbons (Fsp3) is 0.273. The molecule has 0 aliphatic carbocycles. The molecule has 0 spiro atoms. The van der Waals surface area contributed by atoms with Gasteiger partial charge in [-0.3, -0.25) is 0 Å². The number of aryl methyl sites for hydroxylation is 1. The Labute approximate surface area is 82.0 Å². The minimum Gasteiger partial charge on any atom is -0.472 e. The lowest BCUT2D eigenvalue weighted by molar-refractivity contribution is 0.164. The minimum atomic E-state index is -0.473. The first-order valence-electron chi connectivity index (χ1n) is 4.59. The van der Waals surface area contributed by atoms with Crippen LogP contribution in [0, 0.1) is 0 Å². The lowest BCUT2D eigenvalue weighted by Gasteiger charge is -2.05. The second-order valence-electron chi connectivity index (χ2n) is 3.19. The summed E-state index contributed by atoms with van der Waals surface area (Å²) in [4.78, 5) is 0. The lowest BCUT2D eigenvalue weighted by Crippen LogP contribution is -1.97. The van der Waals surface area contributed by atoms with E-state index in [1.165, 1.54) is 0 Å². The van der Waals surface area contributed by atoms with Crippen molar-refractivity contribution in [2.45, 2.75) is 18.9 Å². The molecule has 2 rings (SSSR count). The zero-order valence-corrected chi connectivity index (χ0v) is 7.72. The molecule has 0 bridgehead atoms. The second-order valence-corrected chi connectivity index (χ2v) is 3.19. The van der Waals surface area contributed by atoms with Crippen LogP contribution in [0.4, 0.5) is 0 Å². The summed E-state index contributed by atoms with van der Waals surface area (Å²) in [5, 5.41) is 9.71. The molecule has 0 radical (unpaired) electrons. The first kappa shape index (κ1) is 9.09. The zero-order chi connectivity index (χ0) is 9.80. The highest BCUT2D eigenvalue weighted by Crippen LogP contribution is 2.19. The van der Waals surface area contributed by atoms with Crippen molar-refractivity contribution in [3.05, 3.63) is 48.3 Å². The third-order valence-corrected chi connectivity index (χ3v) is 2.17. The molecule has 14 heavy (non-hydrogen) atoms. The molecule has 3 nitrogen and oxygen atoms in total. The molecule has 0 fully saturated rings. The van der Waals surface area contributed by atoms with Gasteiger partial charge in [0.1, 0.15) is 5.76 Å². The lowest BCUT2D eigenvalue weighted by atomic mass is 10.1. The van der Waals surface area contributed by atoms with E-state index in [2.05, 4.69) is 0 Å². The van der Waals surface area contributed by atoms with Gasteiger partial charge in [-0.05, 0) is 24.6 Å². The van der Waals surface area contributed by atoms with Gasteiger partial charge in [0.05, 0.1) is 24.9 Å². The molecule has 1 atom stereocenters. The maximum absolute atomic E-state index is 9.71. The summed E-state index contributed by atoms with van der Waals surface area (Å²) in [6.45, 7) is 0. The van der Waals surface area contributed by atoms with Gasteiger partial charge in [0.2, 0.25) is 0 Å². The average molecular weight is 192 g/mol.